The summed E-state index contributed by atoms with van der Waals surface area (Å²) in [5.41, 5.74) is 0. The van der Waals surface area contributed by atoms with Gasteiger partial charge in [0.2, 0.25) is 10.0 Å². The maximum absolute atomic E-state index is 12.2. The first-order valence-corrected chi connectivity index (χ1v) is 8.31. The van der Waals surface area contributed by atoms with Gasteiger partial charge in [-0.3, -0.25) is 0 Å². The van der Waals surface area contributed by atoms with E-state index in [1.807, 2.05) is 0 Å². The Hall–Kier alpha value is 0.440. The first kappa shape index (κ1) is 17.5. The minimum atomic E-state index is -3.70. The molecule has 1 heterocycles. The quantitative estimate of drug-likeness (QED) is 0.806. The normalized spacial score (nSPS) is 19.2. The molecule has 1 aromatic rings. The van der Waals surface area contributed by atoms with Gasteiger partial charge < -0.3 is 5.32 Å². The van der Waals surface area contributed by atoms with E-state index in [2.05, 4.69) is 26.0 Å². The number of hydrogen-bond acceptors (Lipinski definition) is 3. The third-order valence-corrected chi connectivity index (χ3v) is 5.51. The molecule has 2 N–H and O–H groups in total. The summed E-state index contributed by atoms with van der Waals surface area (Å²) in [5, 5.41) is 3.29. The van der Waals surface area contributed by atoms with Crippen LogP contribution in [0.15, 0.2) is 21.5 Å². The molecule has 1 fully saturated rings. The molecule has 0 radical (unpaired) electrons. The Bertz CT molecular complexity index is 539. The number of sulfonamides is 1. The van der Waals surface area contributed by atoms with Crippen molar-refractivity contribution in [3.63, 3.8) is 0 Å². The van der Waals surface area contributed by atoms with Crippen LogP contribution < -0.4 is 10.0 Å². The third kappa shape index (κ3) is 4.20. The number of rotatable bonds is 3. The Kier molecular flexibility index (Phi) is 6.38. The van der Waals surface area contributed by atoms with Crippen molar-refractivity contribution in [1.82, 2.24) is 10.0 Å². The fourth-order valence-corrected chi connectivity index (χ4v) is 5.03. The van der Waals surface area contributed by atoms with E-state index in [4.69, 9.17) is 23.2 Å². The van der Waals surface area contributed by atoms with Gasteiger partial charge in [-0.05, 0) is 25.1 Å². The molecule has 1 aliphatic heterocycles. The van der Waals surface area contributed by atoms with E-state index in [0.29, 0.717) is 11.0 Å². The summed E-state index contributed by atoms with van der Waals surface area (Å²) in [6.45, 7) is 1.42. The smallest absolute Gasteiger partial charge is 0.243 e. The van der Waals surface area contributed by atoms with Crippen molar-refractivity contribution in [2.24, 2.45) is 0 Å². The van der Waals surface area contributed by atoms with Crippen LogP contribution in [-0.2, 0) is 10.0 Å². The van der Waals surface area contributed by atoms with E-state index in [1.165, 1.54) is 12.1 Å². The fourth-order valence-electron chi connectivity index (χ4n) is 1.82. The molecule has 4 nitrogen and oxygen atoms in total. The zero-order chi connectivity index (χ0) is 13.3. The molecule has 0 amide bonds. The number of benzene rings is 1. The number of halogens is 4. The van der Waals surface area contributed by atoms with Crippen molar-refractivity contribution in [2.45, 2.75) is 17.4 Å². The lowest BCUT2D eigenvalue weighted by atomic mass is 10.3. The summed E-state index contributed by atoms with van der Waals surface area (Å²) in [4.78, 5) is -0.0686. The molecule has 2 rings (SSSR count). The van der Waals surface area contributed by atoms with E-state index in [9.17, 15) is 8.42 Å². The van der Waals surface area contributed by atoms with Crippen molar-refractivity contribution in [3.05, 3.63) is 26.7 Å². The maximum atomic E-state index is 12.2. The number of nitrogens with one attached hydrogen (secondary N) is 2. The molecule has 9 heteroatoms. The zero-order valence-corrected chi connectivity index (χ0v) is 14.4. The van der Waals surface area contributed by atoms with Crippen LogP contribution in [0.2, 0.25) is 10.0 Å². The predicted octanol–water partition coefficient (Wildman–Crippen LogP) is 2.82. The second-order valence-corrected chi connectivity index (χ2v) is 7.39. The second kappa shape index (κ2) is 6.93. The molecule has 1 atom stereocenters. The molecule has 0 saturated carbocycles. The minimum absolute atomic E-state index is 0. The Morgan fingerprint density at radius 2 is 1.89 bits per heavy atom. The first-order chi connectivity index (χ1) is 8.40. The lowest BCUT2D eigenvalue weighted by molar-refractivity contribution is 0.560. The summed E-state index contributed by atoms with van der Waals surface area (Å²) in [5.74, 6) is 0. The topological polar surface area (TPSA) is 58.2 Å². The zero-order valence-electron chi connectivity index (χ0n) is 9.62. The van der Waals surface area contributed by atoms with Gasteiger partial charge in [-0.15, -0.1) is 12.4 Å². The van der Waals surface area contributed by atoms with Gasteiger partial charge in [0.1, 0.15) is 4.90 Å². The summed E-state index contributed by atoms with van der Waals surface area (Å²) in [6.07, 6.45) is 0.755. The SMILES string of the molecule is Cl.O=S(=O)(NC1CCNC1)c1c(Cl)cc(Br)cc1Cl. The van der Waals surface area contributed by atoms with Crippen LogP contribution in [0.1, 0.15) is 6.42 Å². The van der Waals surface area contributed by atoms with E-state index in [1.54, 1.807) is 0 Å². The van der Waals surface area contributed by atoms with Crippen LogP contribution in [0.3, 0.4) is 0 Å². The molecule has 1 aromatic carbocycles. The molecule has 0 aromatic heterocycles. The van der Waals surface area contributed by atoms with Gasteiger partial charge in [0.25, 0.3) is 0 Å². The van der Waals surface area contributed by atoms with Crippen LogP contribution in [0.5, 0.6) is 0 Å². The highest BCUT2D eigenvalue weighted by atomic mass is 79.9. The van der Waals surface area contributed by atoms with Crippen LogP contribution in [-0.4, -0.2) is 27.5 Å². The summed E-state index contributed by atoms with van der Waals surface area (Å²) < 4.78 is 27.7. The van der Waals surface area contributed by atoms with Crippen LogP contribution in [0, 0.1) is 0 Å². The van der Waals surface area contributed by atoms with Crippen molar-refractivity contribution in [2.75, 3.05) is 13.1 Å². The maximum Gasteiger partial charge on any atom is 0.243 e. The van der Waals surface area contributed by atoms with Gasteiger partial charge in [0, 0.05) is 17.1 Å². The average Bonchev–Trinajstić information content (AvgIpc) is 2.66. The lowest BCUT2D eigenvalue weighted by Crippen LogP contribution is -2.36. The fraction of sp³-hybridized carbons (Fsp3) is 0.400. The predicted molar refractivity (Wildman–Crippen MR) is 83.0 cm³/mol. The van der Waals surface area contributed by atoms with Gasteiger partial charge in [-0.2, -0.15) is 0 Å². The van der Waals surface area contributed by atoms with Crippen molar-refractivity contribution < 1.29 is 8.42 Å². The molecule has 19 heavy (non-hydrogen) atoms. The van der Waals surface area contributed by atoms with Crippen LogP contribution in [0.25, 0.3) is 0 Å². The standard InChI is InChI=1S/C10H11BrCl2N2O2S.ClH/c11-6-3-8(12)10(9(13)4-6)18(16,17)15-7-1-2-14-5-7;/h3-4,7,14-15H,1-2,5H2;1H. The summed E-state index contributed by atoms with van der Waals surface area (Å²) in [7, 11) is -3.70. The third-order valence-electron chi connectivity index (χ3n) is 2.61. The lowest BCUT2D eigenvalue weighted by Gasteiger charge is -2.14. The van der Waals surface area contributed by atoms with E-state index >= 15 is 0 Å². The molecule has 0 aliphatic carbocycles. The molecule has 1 saturated heterocycles. The molecular formula is C10H12BrCl3N2O2S. The highest BCUT2D eigenvalue weighted by Crippen LogP contribution is 2.32. The average molecular weight is 411 g/mol. The monoisotopic (exact) mass is 408 g/mol. The Balaban J connectivity index is 0.00000180. The Morgan fingerprint density at radius 3 is 2.37 bits per heavy atom. The van der Waals surface area contributed by atoms with Gasteiger partial charge in [-0.1, -0.05) is 39.1 Å². The van der Waals surface area contributed by atoms with Crippen LogP contribution in [0.4, 0.5) is 0 Å². The number of hydrogen-bond donors (Lipinski definition) is 2. The highest BCUT2D eigenvalue weighted by Gasteiger charge is 2.27. The van der Waals surface area contributed by atoms with Gasteiger partial charge >= 0.3 is 0 Å². The van der Waals surface area contributed by atoms with Gasteiger partial charge in [0.05, 0.1) is 10.0 Å². The molecule has 0 spiro atoms. The van der Waals surface area contributed by atoms with Crippen molar-refractivity contribution >= 4 is 61.6 Å². The van der Waals surface area contributed by atoms with Crippen molar-refractivity contribution in [3.8, 4) is 0 Å². The Labute approximate surface area is 136 Å². The summed E-state index contributed by atoms with van der Waals surface area (Å²) >= 11 is 15.1. The minimum Gasteiger partial charge on any atom is -0.315 e. The van der Waals surface area contributed by atoms with E-state index in [0.717, 1.165) is 13.0 Å². The largest absolute Gasteiger partial charge is 0.315 e. The molecule has 0 bridgehead atoms. The van der Waals surface area contributed by atoms with Gasteiger partial charge in [-0.25, -0.2) is 13.1 Å². The van der Waals surface area contributed by atoms with E-state index < -0.39 is 10.0 Å². The highest BCUT2D eigenvalue weighted by molar-refractivity contribution is 9.10. The van der Waals surface area contributed by atoms with E-state index in [-0.39, 0.29) is 33.4 Å². The molecule has 108 valence electrons. The van der Waals surface area contributed by atoms with Gasteiger partial charge in [0.15, 0.2) is 0 Å². The molecule has 1 unspecified atom stereocenters. The van der Waals surface area contributed by atoms with Crippen molar-refractivity contribution in [1.29, 1.82) is 0 Å². The second-order valence-electron chi connectivity index (χ2n) is 4.01. The molecule has 1 aliphatic rings. The van der Waals surface area contributed by atoms with Crippen LogP contribution >= 0.6 is 51.5 Å². The first-order valence-electron chi connectivity index (χ1n) is 5.28. The summed E-state index contributed by atoms with van der Waals surface area (Å²) in [6, 6.07) is 2.90. The Morgan fingerprint density at radius 1 is 1.32 bits per heavy atom. The molecular weight excluding hydrogens is 398 g/mol.